The molecule has 1 fully saturated rings. The van der Waals surface area contributed by atoms with Gasteiger partial charge in [0.25, 0.3) is 0 Å². The van der Waals surface area contributed by atoms with Crippen LogP contribution in [0.1, 0.15) is 24.0 Å². The summed E-state index contributed by atoms with van der Waals surface area (Å²) in [6.45, 7) is 1.93. The lowest BCUT2D eigenvalue weighted by molar-refractivity contribution is 0.151. The monoisotopic (exact) mass is 197 g/mol. The second-order valence-electron chi connectivity index (χ2n) is 3.85. The quantitative estimate of drug-likeness (QED) is 0.737. The van der Waals surface area contributed by atoms with E-state index in [0.29, 0.717) is 11.6 Å². The minimum Gasteiger partial charge on any atom is -0.390 e. The first-order chi connectivity index (χ1) is 6.09. The molecule has 1 aliphatic rings. The molecule has 2 rings (SSSR count). The van der Waals surface area contributed by atoms with Crippen LogP contribution in [0, 0.1) is 6.92 Å². The summed E-state index contributed by atoms with van der Waals surface area (Å²) < 4.78 is 0. The number of rotatable bonds is 2. The number of pyridine rings is 1. The molecule has 1 aromatic rings. The van der Waals surface area contributed by atoms with Crippen molar-refractivity contribution in [1.82, 2.24) is 4.98 Å². The van der Waals surface area contributed by atoms with E-state index in [0.717, 1.165) is 24.0 Å². The number of nitrogens with zero attached hydrogens (tertiary/aromatic N) is 1. The minimum absolute atomic E-state index is 0.443. The number of aliphatic hydroxyl groups is 1. The highest BCUT2D eigenvalue weighted by atomic mass is 35.5. The van der Waals surface area contributed by atoms with Crippen LogP contribution in [0.15, 0.2) is 12.3 Å². The normalized spacial score (nSPS) is 18.7. The average molecular weight is 198 g/mol. The topological polar surface area (TPSA) is 33.1 Å². The van der Waals surface area contributed by atoms with Gasteiger partial charge in [0, 0.05) is 12.6 Å². The molecule has 13 heavy (non-hydrogen) atoms. The van der Waals surface area contributed by atoms with Crippen LogP contribution < -0.4 is 0 Å². The fourth-order valence-electron chi connectivity index (χ4n) is 1.41. The van der Waals surface area contributed by atoms with Gasteiger partial charge in [-0.15, -0.1) is 0 Å². The number of halogens is 1. The zero-order valence-corrected chi connectivity index (χ0v) is 8.30. The van der Waals surface area contributed by atoms with Crippen LogP contribution >= 0.6 is 11.6 Å². The highest BCUT2D eigenvalue weighted by Crippen LogP contribution is 2.38. The van der Waals surface area contributed by atoms with Gasteiger partial charge in [0.15, 0.2) is 0 Å². The Bertz CT molecular complexity index is 334. The Kier molecular flexibility index (Phi) is 2.05. The van der Waals surface area contributed by atoms with Gasteiger partial charge in [0.2, 0.25) is 0 Å². The third-order valence-electron chi connectivity index (χ3n) is 2.43. The third kappa shape index (κ3) is 2.01. The molecule has 3 heteroatoms. The lowest BCUT2D eigenvalue weighted by atomic mass is 10.1. The van der Waals surface area contributed by atoms with Crippen molar-refractivity contribution in [3.8, 4) is 0 Å². The molecule has 0 amide bonds. The van der Waals surface area contributed by atoms with Gasteiger partial charge >= 0.3 is 0 Å². The van der Waals surface area contributed by atoms with Crippen LogP contribution in [0.5, 0.6) is 0 Å². The zero-order valence-electron chi connectivity index (χ0n) is 7.55. The van der Waals surface area contributed by atoms with E-state index < -0.39 is 5.60 Å². The maximum absolute atomic E-state index is 9.68. The van der Waals surface area contributed by atoms with Gasteiger partial charge in [-0.25, -0.2) is 4.98 Å². The van der Waals surface area contributed by atoms with Crippen molar-refractivity contribution in [1.29, 1.82) is 0 Å². The van der Waals surface area contributed by atoms with E-state index in [-0.39, 0.29) is 0 Å². The molecule has 1 saturated carbocycles. The maximum Gasteiger partial charge on any atom is 0.131 e. The first kappa shape index (κ1) is 8.97. The minimum atomic E-state index is -0.443. The van der Waals surface area contributed by atoms with Crippen molar-refractivity contribution in [2.24, 2.45) is 0 Å². The van der Waals surface area contributed by atoms with E-state index in [4.69, 9.17) is 11.6 Å². The van der Waals surface area contributed by atoms with E-state index in [1.807, 2.05) is 13.0 Å². The average Bonchev–Trinajstić information content (AvgIpc) is 2.76. The van der Waals surface area contributed by atoms with Gasteiger partial charge in [0.05, 0.1) is 5.60 Å². The van der Waals surface area contributed by atoms with Crippen LogP contribution in [0.4, 0.5) is 0 Å². The van der Waals surface area contributed by atoms with Crippen LogP contribution in [0.3, 0.4) is 0 Å². The molecule has 0 radical (unpaired) electrons. The highest BCUT2D eigenvalue weighted by molar-refractivity contribution is 6.30. The third-order valence-corrected chi connectivity index (χ3v) is 2.83. The molecule has 0 saturated heterocycles. The summed E-state index contributed by atoms with van der Waals surface area (Å²) in [4.78, 5) is 4.04. The van der Waals surface area contributed by atoms with Gasteiger partial charge in [0.1, 0.15) is 5.15 Å². The van der Waals surface area contributed by atoms with Crippen molar-refractivity contribution in [3.63, 3.8) is 0 Å². The predicted molar refractivity (Wildman–Crippen MR) is 51.9 cm³/mol. The molecule has 2 nitrogen and oxygen atoms in total. The standard InChI is InChI=1S/C10H12ClNO/c1-7-4-8(6-12-9(7)11)5-10(13)2-3-10/h4,6,13H,2-3,5H2,1H3. The number of aromatic nitrogens is 1. The van der Waals surface area contributed by atoms with Crippen LogP contribution in [-0.2, 0) is 6.42 Å². The van der Waals surface area contributed by atoms with E-state index in [2.05, 4.69) is 4.98 Å². The second-order valence-corrected chi connectivity index (χ2v) is 4.21. The largest absolute Gasteiger partial charge is 0.390 e. The Hall–Kier alpha value is -0.600. The Morgan fingerprint density at radius 3 is 2.85 bits per heavy atom. The Labute approximate surface area is 82.6 Å². The molecular formula is C10H12ClNO. The van der Waals surface area contributed by atoms with Crippen LogP contribution in [0.2, 0.25) is 5.15 Å². The molecular weight excluding hydrogens is 186 g/mol. The molecule has 0 unspecified atom stereocenters. The fraction of sp³-hybridized carbons (Fsp3) is 0.500. The maximum atomic E-state index is 9.68. The zero-order chi connectivity index (χ0) is 9.47. The van der Waals surface area contributed by atoms with E-state index in [9.17, 15) is 5.11 Å². The van der Waals surface area contributed by atoms with Crippen LogP contribution in [0.25, 0.3) is 0 Å². The van der Waals surface area contributed by atoms with E-state index in [1.54, 1.807) is 6.20 Å². The van der Waals surface area contributed by atoms with Gasteiger partial charge in [-0.2, -0.15) is 0 Å². The molecule has 0 bridgehead atoms. The van der Waals surface area contributed by atoms with Crippen molar-refractivity contribution in [3.05, 3.63) is 28.5 Å². The van der Waals surface area contributed by atoms with Gasteiger partial charge in [-0.1, -0.05) is 17.7 Å². The van der Waals surface area contributed by atoms with Gasteiger partial charge in [-0.05, 0) is 30.9 Å². The molecule has 0 aliphatic heterocycles. The summed E-state index contributed by atoms with van der Waals surface area (Å²) >= 11 is 5.79. The highest BCUT2D eigenvalue weighted by Gasteiger charge is 2.40. The molecule has 1 aliphatic carbocycles. The summed E-state index contributed by atoms with van der Waals surface area (Å²) in [6, 6.07) is 1.99. The number of hydrogen-bond acceptors (Lipinski definition) is 2. The number of aryl methyl sites for hydroxylation is 1. The lowest BCUT2D eigenvalue weighted by Gasteiger charge is -2.07. The Morgan fingerprint density at radius 1 is 1.62 bits per heavy atom. The molecule has 0 aromatic carbocycles. The Balaban J connectivity index is 2.17. The summed E-state index contributed by atoms with van der Waals surface area (Å²) in [5, 5.41) is 10.2. The molecule has 0 spiro atoms. The first-order valence-electron chi connectivity index (χ1n) is 4.42. The lowest BCUT2D eigenvalue weighted by Crippen LogP contribution is -2.10. The van der Waals surface area contributed by atoms with Crippen molar-refractivity contribution in [2.75, 3.05) is 0 Å². The summed E-state index contributed by atoms with van der Waals surface area (Å²) in [5.74, 6) is 0. The molecule has 70 valence electrons. The smallest absolute Gasteiger partial charge is 0.131 e. The fourth-order valence-corrected chi connectivity index (χ4v) is 1.52. The summed E-state index contributed by atoms with van der Waals surface area (Å²) in [7, 11) is 0. The summed E-state index contributed by atoms with van der Waals surface area (Å²) in [5.41, 5.74) is 1.60. The molecule has 1 N–H and O–H groups in total. The molecule has 0 atom stereocenters. The van der Waals surface area contributed by atoms with Gasteiger partial charge < -0.3 is 5.11 Å². The molecule has 1 heterocycles. The van der Waals surface area contributed by atoms with Gasteiger partial charge in [-0.3, -0.25) is 0 Å². The summed E-state index contributed by atoms with van der Waals surface area (Å²) in [6.07, 6.45) is 4.27. The first-order valence-corrected chi connectivity index (χ1v) is 4.80. The number of hydrogen-bond donors (Lipinski definition) is 1. The Morgan fingerprint density at radius 2 is 2.31 bits per heavy atom. The SMILES string of the molecule is Cc1cc(CC2(O)CC2)cnc1Cl. The van der Waals surface area contributed by atoms with Crippen molar-refractivity contribution < 1.29 is 5.11 Å². The van der Waals surface area contributed by atoms with Crippen molar-refractivity contribution >= 4 is 11.6 Å². The second kappa shape index (κ2) is 2.96. The van der Waals surface area contributed by atoms with Crippen LogP contribution in [-0.4, -0.2) is 15.7 Å². The van der Waals surface area contributed by atoms with Crippen molar-refractivity contribution in [2.45, 2.75) is 31.8 Å². The predicted octanol–water partition coefficient (Wildman–Crippen LogP) is 2.11. The molecule has 1 aromatic heterocycles. The van der Waals surface area contributed by atoms with E-state index in [1.165, 1.54) is 0 Å². The van der Waals surface area contributed by atoms with E-state index >= 15 is 0 Å².